The standard InChI is InChI=1S/C24H31NO5/c1-23(2,3)16-11-14(12-17(21(16)28)24(4,5)6)13-19(27)25-20-15(22(29)30-7)9-8-10-18(20)26/h8-12,26,28H,13H2,1-7H3,(H,25,27). The Morgan fingerprint density at radius 2 is 1.50 bits per heavy atom. The molecule has 3 N–H and O–H groups in total. The van der Waals surface area contributed by atoms with Gasteiger partial charge in [-0.15, -0.1) is 0 Å². The number of para-hydroxylation sites is 1. The van der Waals surface area contributed by atoms with Gasteiger partial charge in [0, 0.05) is 0 Å². The van der Waals surface area contributed by atoms with Crippen LogP contribution in [0.1, 0.15) is 68.6 Å². The summed E-state index contributed by atoms with van der Waals surface area (Å²) in [7, 11) is 1.23. The lowest BCUT2D eigenvalue weighted by molar-refractivity contribution is -0.115. The summed E-state index contributed by atoms with van der Waals surface area (Å²) < 4.78 is 4.72. The maximum Gasteiger partial charge on any atom is 0.340 e. The maximum atomic E-state index is 12.8. The molecule has 0 unspecified atom stereocenters. The normalized spacial score (nSPS) is 11.8. The second-order valence-electron chi connectivity index (χ2n) is 9.46. The van der Waals surface area contributed by atoms with E-state index in [9.17, 15) is 19.8 Å². The predicted molar refractivity (Wildman–Crippen MR) is 117 cm³/mol. The Labute approximate surface area is 177 Å². The van der Waals surface area contributed by atoms with Crippen LogP contribution in [0.4, 0.5) is 5.69 Å². The number of methoxy groups -OCH3 is 1. The Hall–Kier alpha value is -3.02. The van der Waals surface area contributed by atoms with Crippen molar-refractivity contribution >= 4 is 17.6 Å². The van der Waals surface area contributed by atoms with Gasteiger partial charge in [-0.25, -0.2) is 4.79 Å². The van der Waals surface area contributed by atoms with E-state index in [1.54, 1.807) is 0 Å². The summed E-state index contributed by atoms with van der Waals surface area (Å²) in [6.07, 6.45) is 0.0153. The van der Waals surface area contributed by atoms with E-state index < -0.39 is 11.9 Å². The van der Waals surface area contributed by atoms with E-state index in [1.807, 2.05) is 53.7 Å². The Morgan fingerprint density at radius 3 is 1.97 bits per heavy atom. The van der Waals surface area contributed by atoms with E-state index >= 15 is 0 Å². The topological polar surface area (TPSA) is 95.9 Å². The number of hydrogen-bond acceptors (Lipinski definition) is 5. The third kappa shape index (κ3) is 5.12. The molecule has 0 heterocycles. The van der Waals surface area contributed by atoms with E-state index in [0.29, 0.717) is 0 Å². The number of aromatic hydroxyl groups is 2. The molecule has 0 atom stereocenters. The minimum atomic E-state index is -0.657. The first-order valence-electron chi connectivity index (χ1n) is 9.82. The maximum absolute atomic E-state index is 12.8. The first-order valence-corrected chi connectivity index (χ1v) is 9.82. The van der Waals surface area contributed by atoms with Gasteiger partial charge >= 0.3 is 5.97 Å². The lowest BCUT2D eigenvalue weighted by Crippen LogP contribution is -2.20. The van der Waals surface area contributed by atoms with Gasteiger partial charge < -0.3 is 20.3 Å². The van der Waals surface area contributed by atoms with Crippen molar-refractivity contribution in [1.82, 2.24) is 0 Å². The molecule has 0 aliphatic carbocycles. The molecule has 0 aliphatic heterocycles. The number of phenols is 2. The van der Waals surface area contributed by atoms with Gasteiger partial charge in [0.2, 0.25) is 5.91 Å². The first kappa shape index (κ1) is 23.3. The van der Waals surface area contributed by atoms with Crippen molar-refractivity contribution < 1.29 is 24.5 Å². The highest BCUT2D eigenvalue weighted by Crippen LogP contribution is 2.40. The Morgan fingerprint density at radius 1 is 0.967 bits per heavy atom. The van der Waals surface area contributed by atoms with Crippen molar-refractivity contribution in [2.24, 2.45) is 0 Å². The van der Waals surface area contributed by atoms with Gasteiger partial charge in [0.25, 0.3) is 0 Å². The number of rotatable bonds is 4. The molecule has 6 nitrogen and oxygen atoms in total. The van der Waals surface area contributed by atoms with Gasteiger partial charge in [-0.05, 0) is 39.7 Å². The molecule has 6 heteroatoms. The number of amides is 1. The van der Waals surface area contributed by atoms with Crippen LogP contribution in [0.2, 0.25) is 0 Å². The van der Waals surface area contributed by atoms with Gasteiger partial charge in [0.1, 0.15) is 11.5 Å². The van der Waals surface area contributed by atoms with Crippen LogP contribution in [-0.4, -0.2) is 29.2 Å². The molecule has 0 saturated heterocycles. The van der Waals surface area contributed by atoms with Crippen molar-refractivity contribution in [2.75, 3.05) is 12.4 Å². The number of ether oxygens (including phenoxy) is 1. The van der Waals surface area contributed by atoms with Crippen LogP contribution in [0.25, 0.3) is 0 Å². The minimum Gasteiger partial charge on any atom is -0.507 e. The highest BCUT2D eigenvalue weighted by atomic mass is 16.5. The number of anilines is 1. The second-order valence-corrected chi connectivity index (χ2v) is 9.46. The third-order valence-electron chi connectivity index (χ3n) is 4.86. The summed E-state index contributed by atoms with van der Waals surface area (Å²) in [5, 5.41) is 23.6. The Kier molecular flexibility index (Phi) is 6.50. The molecule has 0 spiro atoms. The van der Waals surface area contributed by atoms with Crippen molar-refractivity contribution in [2.45, 2.75) is 58.8 Å². The lowest BCUT2D eigenvalue weighted by atomic mass is 9.78. The van der Waals surface area contributed by atoms with Crippen LogP contribution < -0.4 is 5.32 Å². The van der Waals surface area contributed by atoms with Crippen LogP contribution in [0, 0.1) is 0 Å². The largest absolute Gasteiger partial charge is 0.507 e. The molecule has 2 rings (SSSR count). The van der Waals surface area contributed by atoms with Gasteiger partial charge in [0.15, 0.2) is 0 Å². The zero-order valence-electron chi connectivity index (χ0n) is 18.7. The highest BCUT2D eigenvalue weighted by Gasteiger charge is 2.27. The van der Waals surface area contributed by atoms with Crippen LogP contribution >= 0.6 is 0 Å². The van der Waals surface area contributed by atoms with Crippen LogP contribution in [0.3, 0.4) is 0 Å². The van der Waals surface area contributed by atoms with Gasteiger partial charge in [-0.1, -0.05) is 59.7 Å². The van der Waals surface area contributed by atoms with E-state index in [1.165, 1.54) is 25.3 Å². The zero-order chi connectivity index (χ0) is 22.9. The number of carbonyl (C=O) groups excluding carboxylic acids is 2. The zero-order valence-corrected chi connectivity index (χ0v) is 18.7. The first-order chi connectivity index (χ1) is 13.8. The van der Waals surface area contributed by atoms with Crippen LogP contribution in [0.5, 0.6) is 11.5 Å². The molecular formula is C24H31NO5. The van der Waals surface area contributed by atoms with E-state index in [0.717, 1.165) is 16.7 Å². The number of esters is 1. The smallest absolute Gasteiger partial charge is 0.340 e. The summed E-state index contributed by atoms with van der Waals surface area (Å²) in [6.45, 7) is 12.0. The molecule has 0 fully saturated rings. The molecule has 30 heavy (non-hydrogen) atoms. The summed E-state index contributed by atoms with van der Waals surface area (Å²) in [5.74, 6) is -1.03. The minimum absolute atomic E-state index is 0.0141. The molecule has 1 amide bonds. The molecule has 0 aromatic heterocycles. The monoisotopic (exact) mass is 413 g/mol. The average molecular weight is 414 g/mol. The number of nitrogens with one attached hydrogen (secondary N) is 1. The summed E-state index contributed by atoms with van der Waals surface area (Å²) in [5.41, 5.74) is 1.71. The fourth-order valence-corrected chi connectivity index (χ4v) is 3.26. The second kappa shape index (κ2) is 8.38. The quantitative estimate of drug-likeness (QED) is 0.500. The van der Waals surface area contributed by atoms with E-state index in [2.05, 4.69) is 5.32 Å². The highest BCUT2D eigenvalue weighted by molar-refractivity contribution is 6.03. The molecule has 162 valence electrons. The Balaban J connectivity index is 2.42. The van der Waals surface area contributed by atoms with Crippen molar-refractivity contribution in [3.63, 3.8) is 0 Å². The lowest BCUT2D eigenvalue weighted by Gasteiger charge is -2.28. The van der Waals surface area contributed by atoms with Crippen molar-refractivity contribution in [1.29, 1.82) is 0 Å². The van der Waals surface area contributed by atoms with Crippen LogP contribution in [0.15, 0.2) is 30.3 Å². The molecule has 0 bridgehead atoms. The third-order valence-corrected chi connectivity index (χ3v) is 4.86. The number of carbonyl (C=O) groups is 2. The van der Waals surface area contributed by atoms with Gasteiger partial charge in [-0.2, -0.15) is 0 Å². The molecular weight excluding hydrogens is 382 g/mol. The van der Waals surface area contributed by atoms with Gasteiger partial charge in [-0.3, -0.25) is 4.79 Å². The van der Waals surface area contributed by atoms with E-state index in [-0.39, 0.29) is 40.0 Å². The predicted octanol–water partition coefficient (Wildman–Crippen LogP) is 4.66. The number of hydrogen-bond donors (Lipinski definition) is 3. The van der Waals surface area contributed by atoms with E-state index in [4.69, 9.17) is 4.74 Å². The summed E-state index contributed by atoms with van der Waals surface area (Å²) >= 11 is 0. The molecule has 0 aliphatic rings. The molecule has 0 radical (unpaired) electrons. The van der Waals surface area contributed by atoms with Crippen molar-refractivity contribution in [3.8, 4) is 11.5 Å². The molecule has 0 saturated carbocycles. The van der Waals surface area contributed by atoms with Crippen LogP contribution in [-0.2, 0) is 26.8 Å². The Bertz CT molecular complexity index is 930. The molecule has 2 aromatic rings. The fourth-order valence-electron chi connectivity index (χ4n) is 3.26. The molecule has 2 aromatic carbocycles. The van der Waals surface area contributed by atoms with Gasteiger partial charge in [0.05, 0.1) is 24.8 Å². The number of phenolic OH excluding ortho intramolecular Hbond substituents is 2. The summed E-state index contributed by atoms with van der Waals surface area (Å²) in [4.78, 5) is 24.7. The average Bonchev–Trinajstić information content (AvgIpc) is 2.62. The summed E-state index contributed by atoms with van der Waals surface area (Å²) in [6, 6.07) is 8.02. The fraction of sp³-hybridized carbons (Fsp3) is 0.417. The van der Waals surface area contributed by atoms with Crippen molar-refractivity contribution in [3.05, 3.63) is 52.6 Å². The number of benzene rings is 2. The SMILES string of the molecule is COC(=O)c1cccc(O)c1NC(=O)Cc1cc(C(C)(C)C)c(O)c(C(C)(C)C)c1.